The fraction of sp³-hybridized carbons (Fsp3) is 0.357. The molecule has 0 bridgehead atoms. The minimum Gasteiger partial charge on any atom is -0.324 e. The fourth-order valence-corrected chi connectivity index (χ4v) is 4.52. The van der Waals surface area contributed by atoms with Gasteiger partial charge in [0.25, 0.3) is 10.0 Å². The third-order valence-corrected chi connectivity index (χ3v) is 6.20. The van der Waals surface area contributed by atoms with Crippen LogP contribution in [0.1, 0.15) is 17.9 Å². The van der Waals surface area contributed by atoms with Crippen molar-refractivity contribution in [3.63, 3.8) is 0 Å². The van der Waals surface area contributed by atoms with E-state index in [4.69, 9.17) is 11.6 Å². The molecule has 1 saturated heterocycles. The Hall–Kier alpha value is -1.37. The van der Waals surface area contributed by atoms with Crippen molar-refractivity contribution in [2.24, 2.45) is 7.05 Å². The molecule has 21 heavy (non-hydrogen) atoms. The number of hydrogen-bond acceptors (Lipinski definition) is 3. The van der Waals surface area contributed by atoms with Gasteiger partial charge in [-0.2, -0.15) is 4.31 Å². The van der Waals surface area contributed by atoms with Crippen LogP contribution >= 0.6 is 11.6 Å². The number of sulfonamides is 1. The first kappa shape index (κ1) is 14.6. The fourth-order valence-electron chi connectivity index (χ4n) is 2.63. The molecule has 7 heteroatoms. The molecule has 2 aromatic rings. The molecule has 1 aromatic heterocycles. The maximum atomic E-state index is 12.6. The van der Waals surface area contributed by atoms with Gasteiger partial charge in [0.1, 0.15) is 5.15 Å². The summed E-state index contributed by atoms with van der Waals surface area (Å²) in [7, 11) is -1.95. The lowest BCUT2D eigenvalue weighted by Crippen LogP contribution is -2.29. The van der Waals surface area contributed by atoms with Gasteiger partial charge in [0.15, 0.2) is 0 Å². The van der Waals surface area contributed by atoms with Crippen molar-refractivity contribution in [1.29, 1.82) is 0 Å². The van der Waals surface area contributed by atoms with Crippen LogP contribution in [0, 0.1) is 0 Å². The molecule has 0 radical (unpaired) electrons. The summed E-state index contributed by atoms with van der Waals surface area (Å²) in [4.78, 5) is 3.93. The number of imidazole rings is 1. The van der Waals surface area contributed by atoms with Crippen LogP contribution in [0.4, 0.5) is 0 Å². The lowest BCUT2D eigenvalue weighted by molar-refractivity contribution is 0.470. The zero-order valence-corrected chi connectivity index (χ0v) is 13.2. The highest BCUT2D eigenvalue weighted by atomic mass is 35.5. The Balaban J connectivity index is 1.84. The second-order valence-corrected chi connectivity index (χ2v) is 7.42. The second kappa shape index (κ2) is 5.44. The summed E-state index contributed by atoms with van der Waals surface area (Å²) in [6, 6.07) is 9.98. The van der Waals surface area contributed by atoms with Gasteiger partial charge in [-0.3, -0.25) is 0 Å². The normalized spacial score (nSPS) is 20.0. The Morgan fingerprint density at radius 2 is 2.00 bits per heavy atom. The van der Waals surface area contributed by atoms with Crippen molar-refractivity contribution in [2.45, 2.75) is 17.4 Å². The monoisotopic (exact) mass is 325 g/mol. The van der Waals surface area contributed by atoms with Gasteiger partial charge in [0, 0.05) is 20.1 Å². The van der Waals surface area contributed by atoms with Crippen LogP contribution in [0.25, 0.3) is 0 Å². The number of aromatic nitrogens is 2. The lowest BCUT2D eigenvalue weighted by Gasteiger charge is -2.15. The first-order valence-corrected chi connectivity index (χ1v) is 8.54. The minimum absolute atomic E-state index is 0.0552. The Morgan fingerprint density at radius 3 is 2.62 bits per heavy atom. The van der Waals surface area contributed by atoms with E-state index < -0.39 is 10.0 Å². The molecular weight excluding hydrogens is 310 g/mol. The maximum absolute atomic E-state index is 12.6. The van der Waals surface area contributed by atoms with Crippen molar-refractivity contribution in [3.8, 4) is 0 Å². The van der Waals surface area contributed by atoms with Crippen LogP contribution in [0.3, 0.4) is 0 Å². The number of benzene rings is 1. The van der Waals surface area contributed by atoms with Crippen LogP contribution in [-0.2, 0) is 17.1 Å². The molecule has 1 aliphatic rings. The van der Waals surface area contributed by atoms with Crippen LogP contribution < -0.4 is 0 Å². The van der Waals surface area contributed by atoms with Gasteiger partial charge in [-0.25, -0.2) is 13.4 Å². The number of nitrogens with zero attached hydrogens (tertiary/aromatic N) is 3. The molecule has 0 spiro atoms. The molecule has 3 rings (SSSR count). The van der Waals surface area contributed by atoms with Crippen molar-refractivity contribution < 1.29 is 8.42 Å². The van der Waals surface area contributed by atoms with E-state index in [2.05, 4.69) is 4.98 Å². The standard InChI is InChI=1S/C14H16ClN3O2S/c1-17-10-16-14(13(17)15)21(19,20)18-8-7-12(9-18)11-5-3-2-4-6-11/h2-6,10,12H,7-9H2,1H3. The van der Waals surface area contributed by atoms with Crippen LogP contribution in [0.5, 0.6) is 0 Å². The minimum atomic E-state index is -3.62. The van der Waals surface area contributed by atoms with Crippen molar-refractivity contribution in [2.75, 3.05) is 13.1 Å². The first-order valence-electron chi connectivity index (χ1n) is 6.72. The van der Waals surface area contributed by atoms with E-state index in [0.29, 0.717) is 13.1 Å². The van der Waals surface area contributed by atoms with E-state index in [1.54, 1.807) is 7.05 Å². The molecule has 1 fully saturated rings. The molecule has 1 aromatic carbocycles. The molecule has 0 amide bonds. The van der Waals surface area contributed by atoms with E-state index in [0.717, 1.165) is 6.42 Å². The average Bonchev–Trinajstić information content (AvgIpc) is 3.09. The first-order chi connectivity index (χ1) is 10.00. The largest absolute Gasteiger partial charge is 0.324 e. The quantitative estimate of drug-likeness (QED) is 0.869. The summed E-state index contributed by atoms with van der Waals surface area (Å²) in [6.45, 7) is 0.966. The van der Waals surface area contributed by atoms with E-state index in [9.17, 15) is 8.42 Å². The number of rotatable bonds is 3. The number of hydrogen-bond donors (Lipinski definition) is 0. The molecule has 1 atom stereocenters. The van der Waals surface area contributed by atoms with Crippen LogP contribution in [-0.4, -0.2) is 35.4 Å². The summed E-state index contributed by atoms with van der Waals surface area (Å²) < 4.78 is 28.2. The number of halogens is 1. The molecule has 112 valence electrons. The predicted octanol–water partition coefficient (Wildman–Crippen LogP) is 2.25. The van der Waals surface area contributed by atoms with E-state index in [1.165, 1.54) is 20.8 Å². The summed E-state index contributed by atoms with van der Waals surface area (Å²) >= 11 is 6.02. The second-order valence-electron chi connectivity index (χ2n) is 5.21. The van der Waals surface area contributed by atoms with Gasteiger partial charge in [0.05, 0.1) is 6.33 Å². The molecule has 1 unspecified atom stereocenters. The summed E-state index contributed by atoms with van der Waals surface area (Å²) in [5.41, 5.74) is 1.17. The average molecular weight is 326 g/mol. The molecule has 1 aliphatic heterocycles. The van der Waals surface area contributed by atoms with Gasteiger partial charge in [-0.15, -0.1) is 0 Å². The molecule has 0 N–H and O–H groups in total. The summed E-state index contributed by atoms with van der Waals surface area (Å²) in [6.07, 6.45) is 2.23. The van der Waals surface area contributed by atoms with Crippen molar-refractivity contribution >= 4 is 21.6 Å². The zero-order valence-electron chi connectivity index (χ0n) is 11.6. The van der Waals surface area contributed by atoms with E-state index >= 15 is 0 Å². The van der Waals surface area contributed by atoms with Gasteiger partial charge in [0.2, 0.25) is 5.03 Å². The SMILES string of the molecule is Cn1cnc(S(=O)(=O)N2CCC(c3ccccc3)C2)c1Cl. The summed E-state index contributed by atoms with van der Waals surface area (Å²) in [5.74, 6) is 0.225. The highest BCUT2D eigenvalue weighted by Gasteiger charge is 2.36. The van der Waals surface area contributed by atoms with Crippen LogP contribution in [0.15, 0.2) is 41.7 Å². The van der Waals surface area contributed by atoms with Gasteiger partial charge >= 0.3 is 0 Å². The molecule has 5 nitrogen and oxygen atoms in total. The molecule has 2 heterocycles. The number of aryl methyl sites for hydroxylation is 1. The molecule has 0 saturated carbocycles. The van der Waals surface area contributed by atoms with Gasteiger partial charge in [-0.1, -0.05) is 41.9 Å². The lowest BCUT2D eigenvalue weighted by atomic mass is 9.99. The Morgan fingerprint density at radius 1 is 1.29 bits per heavy atom. The maximum Gasteiger partial charge on any atom is 0.263 e. The topological polar surface area (TPSA) is 55.2 Å². The van der Waals surface area contributed by atoms with Gasteiger partial charge < -0.3 is 4.57 Å². The van der Waals surface area contributed by atoms with Crippen molar-refractivity contribution in [1.82, 2.24) is 13.9 Å². The molecule has 0 aliphatic carbocycles. The Kier molecular flexibility index (Phi) is 3.77. The Bertz CT molecular complexity index is 743. The summed E-state index contributed by atoms with van der Waals surface area (Å²) in [5, 5.41) is 0.0959. The third-order valence-electron chi connectivity index (χ3n) is 3.84. The smallest absolute Gasteiger partial charge is 0.263 e. The molecular formula is C14H16ClN3O2S. The predicted molar refractivity (Wildman–Crippen MR) is 80.8 cm³/mol. The van der Waals surface area contributed by atoms with E-state index in [1.807, 2.05) is 30.3 Å². The highest BCUT2D eigenvalue weighted by molar-refractivity contribution is 7.89. The van der Waals surface area contributed by atoms with Crippen molar-refractivity contribution in [3.05, 3.63) is 47.4 Å². The zero-order chi connectivity index (χ0) is 15.0. The van der Waals surface area contributed by atoms with E-state index in [-0.39, 0.29) is 16.1 Å². The van der Waals surface area contributed by atoms with Crippen LogP contribution in [0.2, 0.25) is 5.15 Å². The highest BCUT2D eigenvalue weighted by Crippen LogP contribution is 2.32. The van der Waals surface area contributed by atoms with Gasteiger partial charge in [-0.05, 0) is 17.9 Å². The third kappa shape index (κ3) is 2.59. The Labute approximate surface area is 129 Å².